The van der Waals surface area contributed by atoms with Crippen LogP contribution >= 0.6 is 0 Å². The molecule has 0 bridgehead atoms. The van der Waals surface area contributed by atoms with E-state index in [1.165, 1.54) is 0 Å². The lowest BCUT2D eigenvalue weighted by Gasteiger charge is -2.31. The molecule has 16 heavy (non-hydrogen) atoms. The van der Waals surface area contributed by atoms with Crippen LogP contribution in [0.5, 0.6) is 0 Å². The third-order valence-corrected chi connectivity index (χ3v) is 2.63. The molecular formula is C12H17NO3. The predicted octanol–water partition coefficient (Wildman–Crippen LogP) is 0.957. The van der Waals surface area contributed by atoms with E-state index in [2.05, 4.69) is 5.32 Å². The van der Waals surface area contributed by atoms with Gasteiger partial charge in [0.1, 0.15) is 6.04 Å². The Labute approximate surface area is 94.9 Å². The van der Waals surface area contributed by atoms with E-state index in [9.17, 15) is 9.90 Å². The molecule has 0 aromatic heterocycles. The number of hydrogen-bond acceptors (Lipinski definition) is 3. The molecule has 1 aromatic carbocycles. The maximum absolute atomic E-state index is 10.8. The number of carboxylic acid groups (broad SMARTS) is 1. The molecule has 0 radical (unpaired) electrons. The van der Waals surface area contributed by atoms with Crippen LogP contribution < -0.4 is 5.32 Å². The van der Waals surface area contributed by atoms with E-state index in [0.29, 0.717) is 0 Å². The Kier molecular flexibility index (Phi) is 4.04. The molecule has 2 atom stereocenters. The van der Waals surface area contributed by atoms with Gasteiger partial charge in [-0.1, -0.05) is 30.3 Å². The third kappa shape index (κ3) is 2.81. The molecule has 4 nitrogen and oxygen atoms in total. The Balaban J connectivity index is 2.90. The summed E-state index contributed by atoms with van der Waals surface area (Å²) in [6, 6.07) is 8.60. The molecule has 0 saturated heterocycles. The van der Waals surface area contributed by atoms with Crippen molar-refractivity contribution in [3.8, 4) is 0 Å². The highest BCUT2D eigenvalue weighted by Gasteiger charge is 2.29. The van der Waals surface area contributed by atoms with Gasteiger partial charge in [0.05, 0.1) is 12.1 Å². The zero-order chi connectivity index (χ0) is 12.2. The van der Waals surface area contributed by atoms with Gasteiger partial charge in [-0.05, 0) is 19.4 Å². The summed E-state index contributed by atoms with van der Waals surface area (Å²) in [5.41, 5.74) is 0.129. The van der Waals surface area contributed by atoms with Crippen molar-refractivity contribution in [1.29, 1.82) is 0 Å². The van der Waals surface area contributed by atoms with Gasteiger partial charge in [-0.25, -0.2) is 0 Å². The Bertz CT molecular complexity index is 353. The van der Waals surface area contributed by atoms with E-state index in [0.717, 1.165) is 5.56 Å². The summed E-state index contributed by atoms with van der Waals surface area (Å²) < 4.78 is 0. The van der Waals surface area contributed by atoms with Crippen LogP contribution in [0.4, 0.5) is 0 Å². The molecule has 1 rings (SSSR count). The zero-order valence-electron chi connectivity index (χ0n) is 9.47. The quantitative estimate of drug-likeness (QED) is 0.695. The summed E-state index contributed by atoms with van der Waals surface area (Å²) in [5, 5.41) is 21.2. The highest BCUT2D eigenvalue weighted by molar-refractivity contribution is 5.73. The van der Waals surface area contributed by atoms with E-state index < -0.39 is 17.6 Å². The largest absolute Gasteiger partial charge is 0.480 e. The number of carbonyl (C=O) groups is 1. The minimum absolute atomic E-state index is 0.158. The van der Waals surface area contributed by atoms with E-state index in [4.69, 9.17) is 5.11 Å². The van der Waals surface area contributed by atoms with Gasteiger partial charge in [0, 0.05) is 0 Å². The Morgan fingerprint density at radius 2 is 2.00 bits per heavy atom. The van der Waals surface area contributed by atoms with E-state index >= 15 is 0 Å². The summed E-state index contributed by atoms with van der Waals surface area (Å²) in [6.45, 7) is 3.18. The first kappa shape index (κ1) is 12.7. The van der Waals surface area contributed by atoms with E-state index in [1.807, 2.05) is 30.3 Å². The Hall–Kier alpha value is -1.39. The molecule has 1 aromatic rings. The van der Waals surface area contributed by atoms with Crippen LogP contribution in [-0.2, 0) is 10.3 Å². The summed E-state index contributed by atoms with van der Waals surface area (Å²) in [5.74, 6) is -0.935. The average Bonchev–Trinajstić information content (AvgIpc) is 2.29. The number of aliphatic carboxylic acids is 1. The lowest BCUT2D eigenvalue weighted by molar-refractivity contribution is -0.139. The maximum Gasteiger partial charge on any atom is 0.320 e. The molecule has 2 unspecified atom stereocenters. The molecule has 0 saturated carbocycles. The van der Waals surface area contributed by atoms with Crippen molar-refractivity contribution in [2.24, 2.45) is 0 Å². The number of nitrogens with one attached hydrogen (secondary N) is 1. The van der Waals surface area contributed by atoms with Crippen molar-refractivity contribution in [1.82, 2.24) is 5.32 Å². The normalized spacial score (nSPS) is 16.4. The summed E-state index contributed by atoms with van der Waals surface area (Å²) >= 11 is 0. The molecule has 0 fully saturated rings. The molecule has 3 N–H and O–H groups in total. The number of carboxylic acids is 1. The smallest absolute Gasteiger partial charge is 0.320 e. The van der Waals surface area contributed by atoms with Gasteiger partial charge in [0.2, 0.25) is 0 Å². The van der Waals surface area contributed by atoms with Gasteiger partial charge in [-0.2, -0.15) is 0 Å². The molecule has 4 heteroatoms. The average molecular weight is 223 g/mol. The van der Waals surface area contributed by atoms with Crippen molar-refractivity contribution in [2.75, 3.05) is 6.61 Å². The molecule has 0 amide bonds. The van der Waals surface area contributed by atoms with Crippen molar-refractivity contribution < 1.29 is 15.0 Å². The molecule has 0 aliphatic rings. The molecule has 0 heterocycles. The number of aliphatic hydroxyl groups is 1. The maximum atomic E-state index is 10.8. The van der Waals surface area contributed by atoms with Gasteiger partial charge in [-0.3, -0.25) is 10.1 Å². The topological polar surface area (TPSA) is 69.6 Å². The second-order valence-corrected chi connectivity index (χ2v) is 4.06. The van der Waals surface area contributed by atoms with Gasteiger partial charge in [0.15, 0.2) is 0 Å². The van der Waals surface area contributed by atoms with Crippen molar-refractivity contribution >= 4 is 5.97 Å². The van der Waals surface area contributed by atoms with Gasteiger partial charge in [-0.15, -0.1) is 0 Å². The number of rotatable bonds is 5. The fourth-order valence-electron chi connectivity index (χ4n) is 1.57. The summed E-state index contributed by atoms with van der Waals surface area (Å²) in [4.78, 5) is 10.8. The predicted molar refractivity (Wildman–Crippen MR) is 61.1 cm³/mol. The highest BCUT2D eigenvalue weighted by Crippen LogP contribution is 2.20. The first-order chi connectivity index (χ1) is 7.49. The van der Waals surface area contributed by atoms with Crippen molar-refractivity contribution in [2.45, 2.75) is 25.4 Å². The van der Waals surface area contributed by atoms with Crippen molar-refractivity contribution in [3.05, 3.63) is 35.9 Å². The summed E-state index contributed by atoms with van der Waals surface area (Å²) in [6.07, 6.45) is 0. The Morgan fingerprint density at radius 1 is 1.44 bits per heavy atom. The fourth-order valence-corrected chi connectivity index (χ4v) is 1.57. The summed E-state index contributed by atoms with van der Waals surface area (Å²) in [7, 11) is 0. The lowest BCUT2D eigenvalue weighted by atomic mass is 9.92. The second kappa shape index (κ2) is 5.09. The second-order valence-electron chi connectivity index (χ2n) is 4.06. The van der Waals surface area contributed by atoms with Crippen LogP contribution in [0.2, 0.25) is 0 Å². The monoisotopic (exact) mass is 223 g/mol. The first-order valence-corrected chi connectivity index (χ1v) is 5.16. The number of benzene rings is 1. The molecule has 88 valence electrons. The van der Waals surface area contributed by atoms with Gasteiger partial charge in [0.25, 0.3) is 0 Å². The van der Waals surface area contributed by atoms with Crippen LogP contribution in [0.15, 0.2) is 30.3 Å². The number of hydrogen-bond donors (Lipinski definition) is 3. The van der Waals surface area contributed by atoms with E-state index in [-0.39, 0.29) is 6.61 Å². The standard InChI is InChI=1S/C12H17NO3/c1-9(11(15)16)13-12(2,8-14)10-6-4-3-5-7-10/h3-7,9,13-14H,8H2,1-2H3,(H,15,16). The third-order valence-electron chi connectivity index (χ3n) is 2.63. The van der Waals surface area contributed by atoms with Crippen LogP contribution in [0.25, 0.3) is 0 Å². The van der Waals surface area contributed by atoms with Crippen LogP contribution in [0.1, 0.15) is 19.4 Å². The zero-order valence-corrected chi connectivity index (χ0v) is 9.47. The van der Waals surface area contributed by atoms with E-state index in [1.54, 1.807) is 13.8 Å². The SMILES string of the molecule is CC(NC(C)(CO)c1ccccc1)C(=O)O. The highest BCUT2D eigenvalue weighted by atomic mass is 16.4. The number of aliphatic hydroxyl groups excluding tert-OH is 1. The van der Waals surface area contributed by atoms with Gasteiger partial charge >= 0.3 is 5.97 Å². The molecule has 0 spiro atoms. The lowest BCUT2D eigenvalue weighted by Crippen LogP contribution is -2.50. The van der Waals surface area contributed by atoms with Crippen LogP contribution in [-0.4, -0.2) is 28.8 Å². The minimum Gasteiger partial charge on any atom is -0.480 e. The van der Waals surface area contributed by atoms with Gasteiger partial charge < -0.3 is 10.2 Å². The molecule has 0 aliphatic carbocycles. The molecule has 0 aliphatic heterocycles. The van der Waals surface area contributed by atoms with Crippen LogP contribution in [0, 0.1) is 0 Å². The fraction of sp³-hybridized carbons (Fsp3) is 0.417. The van der Waals surface area contributed by atoms with Crippen LogP contribution in [0.3, 0.4) is 0 Å². The van der Waals surface area contributed by atoms with Crippen molar-refractivity contribution in [3.63, 3.8) is 0 Å². The first-order valence-electron chi connectivity index (χ1n) is 5.16. The Morgan fingerprint density at radius 3 is 2.44 bits per heavy atom. The minimum atomic E-state index is -0.935. The molecular weight excluding hydrogens is 206 g/mol.